The van der Waals surface area contributed by atoms with Crippen LogP contribution in [-0.4, -0.2) is 29.7 Å². The number of carbonyl (C=O) groups is 1. The van der Waals surface area contributed by atoms with Crippen molar-refractivity contribution in [1.29, 1.82) is 0 Å². The second-order valence-corrected chi connectivity index (χ2v) is 12.3. The largest absolute Gasteiger partial charge is 0.443 e. The van der Waals surface area contributed by atoms with E-state index in [4.69, 9.17) is 21.1 Å². The highest BCUT2D eigenvalue weighted by Crippen LogP contribution is 2.47. The highest BCUT2D eigenvalue weighted by Gasteiger charge is 2.25. The Hall–Kier alpha value is -0.590. The van der Waals surface area contributed by atoms with Gasteiger partial charge >= 0.3 is 6.09 Å². The number of ether oxygens (including phenoxy) is 1. The molecule has 0 spiro atoms. The standard InChI is InChI=1S/C17H28NO4PS2/c1-12(2)14-8-7-13(3)15(11-14)18(9-10-21-23(20,24)25)16(19)22-17(4,5)6/h7-8,11-12H,9-10H2,1-6H3,(H2,20,24,25). The second-order valence-electron chi connectivity index (χ2n) is 7.16. The van der Waals surface area contributed by atoms with Gasteiger partial charge in [-0.25, -0.2) is 4.79 Å². The van der Waals surface area contributed by atoms with Gasteiger partial charge in [-0.15, -0.1) is 0 Å². The van der Waals surface area contributed by atoms with Crippen molar-refractivity contribution in [1.82, 2.24) is 0 Å². The summed E-state index contributed by atoms with van der Waals surface area (Å²) in [6.07, 6.45) is -0.467. The molecule has 0 heterocycles. The summed E-state index contributed by atoms with van der Waals surface area (Å²) in [5.74, 6) is 0.331. The highest BCUT2D eigenvalue weighted by molar-refractivity contribution is 8.59. The van der Waals surface area contributed by atoms with Crippen LogP contribution in [0.2, 0.25) is 0 Å². The first-order chi connectivity index (χ1) is 11.3. The fourth-order valence-corrected chi connectivity index (χ4v) is 2.94. The van der Waals surface area contributed by atoms with Crippen LogP contribution in [0.1, 0.15) is 51.7 Å². The smallest absolute Gasteiger partial charge is 0.414 e. The third kappa shape index (κ3) is 8.09. The molecule has 0 radical (unpaired) electrons. The average Bonchev–Trinajstić information content (AvgIpc) is 2.41. The molecule has 1 unspecified atom stereocenters. The normalized spacial score (nSPS) is 14.3. The minimum Gasteiger partial charge on any atom is -0.443 e. The van der Waals surface area contributed by atoms with Crippen LogP contribution in [0.25, 0.3) is 0 Å². The van der Waals surface area contributed by atoms with Crippen LogP contribution < -0.4 is 4.90 Å². The predicted molar refractivity (Wildman–Crippen MR) is 110 cm³/mol. The van der Waals surface area contributed by atoms with Gasteiger partial charge in [-0.2, -0.15) is 0 Å². The van der Waals surface area contributed by atoms with E-state index in [1.54, 1.807) is 0 Å². The lowest BCUT2D eigenvalue weighted by Gasteiger charge is -2.29. The Morgan fingerprint density at radius 1 is 1.40 bits per heavy atom. The Kier molecular flexibility index (Phi) is 7.96. The van der Waals surface area contributed by atoms with Crippen LogP contribution in [0.4, 0.5) is 10.5 Å². The van der Waals surface area contributed by atoms with E-state index >= 15 is 0 Å². The summed E-state index contributed by atoms with van der Waals surface area (Å²) in [5, 5.41) is 0. The topological polar surface area (TPSA) is 59.0 Å². The lowest BCUT2D eigenvalue weighted by Crippen LogP contribution is -2.39. The Bertz CT molecular complexity index is 653. The number of rotatable bonds is 6. The van der Waals surface area contributed by atoms with Gasteiger partial charge in [0.2, 0.25) is 5.69 Å². The Balaban J connectivity index is 3.15. The molecule has 142 valence electrons. The van der Waals surface area contributed by atoms with E-state index in [2.05, 4.69) is 32.2 Å². The molecule has 1 N–H and O–H groups in total. The predicted octanol–water partition coefficient (Wildman–Crippen LogP) is 5.02. The van der Waals surface area contributed by atoms with Crippen LogP contribution in [0, 0.1) is 6.92 Å². The van der Waals surface area contributed by atoms with E-state index in [0.717, 1.165) is 16.8 Å². The highest BCUT2D eigenvalue weighted by atomic mass is 32.9. The molecular formula is C17H28NO4PS2. The van der Waals surface area contributed by atoms with Crippen molar-refractivity contribution in [2.75, 3.05) is 18.1 Å². The SMILES string of the molecule is Cc1ccc(C(C)C)cc1N(CCOP(O)(=S)S)C(=O)OC(C)(C)C. The first-order valence-corrected chi connectivity index (χ1v) is 11.9. The average molecular weight is 406 g/mol. The van der Waals surface area contributed by atoms with E-state index in [9.17, 15) is 9.69 Å². The molecule has 5 nitrogen and oxygen atoms in total. The van der Waals surface area contributed by atoms with Crippen molar-refractivity contribution in [2.24, 2.45) is 0 Å². The van der Waals surface area contributed by atoms with Crippen LogP contribution in [-0.2, 0) is 21.1 Å². The molecular weight excluding hydrogens is 377 g/mol. The first kappa shape index (κ1) is 22.5. The fraction of sp³-hybridized carbons (Fsp3) is 0.588. The number of amides is 1. The number of aryl methyl sites for hydroxylation is 1. The molecule has 1 aromatic rings. The van der Waals surface area contributed by atoms with Crippen molar-refractivity contribution >= 4 is 41.5 Å². The third-order valence-electron chi connectivity index (χ3n) is 3.38. The van der Waals surface area contributed by atoms with Gasteiger partial charge in [-0.1, -0.05) is 38.2 Å². The molecule has 8 heteroatoms. The van der Waals surface area contributed by atoms with Crippen LogP contribution in [0.15, 0.2) is 18.2 Å². The zero-order valence-electron chi connectivity index (χ0n) is 15.6. The molecule has 25 heavy (non-hydrogen) atoms. The van der Waals surface area contributed by atoms with E-state index in [1.165, 1.54) is 4.90 Å². The minimum atomic E-state index is -3.07. The maximum Gasteiger partial charge on any atom is 0.414 e. The van der Waals surface area contributed by atoms with Gasteiger partial charge in [0.05, 0.1) is 18.8 Å². The molecule has 0 fully saturated rings. The quantitative estimate of drug-likeness (QED) is 0.514. The summed E-state index contributed by atoms with van der Waals surface area (Å²) in [5.41, 5.74) is -0.860. The Labute approximate surface area is 161 Å². The lowest BCUT2D eigenvalue weighted by molar-refractivity contribution is 0.0575. The Morgan fingerprint density at radius 3 is 2.48 bits per heavy atom. The molecule has 1 amide bonds. The number of nitrogens with zero attached hydrogens (tertiary/aromatic N) is 1. The van der Waals surface area contributed by atoms with Crippen LogP contribution >= 0.6 is 17.9 Å². The summed E-state index contributed by atoms with van der Waals surface area (Å²) in [7, 11) is 0. The number of thiol groups is 1. The molecule has 0 aromatic heterocycles. The van der Waals surface area contributed by atoms with E-state index in [1.807, 2.05) is 39.8 Å². The molecule has 1 atom stereocenters. The van der Waals surface area contributed by atoms with Crippen molar-refractivity contribution in [3.8, 4) is 0 Å². The van der Waals surface area contributed by atoms with Crippen LogP contribution in [0.3, 0.4) is 0 Å². The van der Waals surface area contributed by atoms with Gasteiger partial charge in [0.15, 0.2) is 0 Å². The monoisotopic (exact) mass is 405 g/mol. The van der Waals surface area contributed by atoms with E-state index in [0.29, 0.717) is 5.92 Å². The molecule has 0 aliphatic carbocycles. The van der Waals surface area contributed by atoms with Gasteiger partial charge in [0, 0.05) is 0 Å². The summed E-state index contributed by atoms with van der Waals surface area (Å²) in [6.45, 7) is 11.9. The molecule has 0 saturated heterocycles. The van der Waals surface area contributed by atoms with Crippen molar-refractivity contribution in [3.63, 3.8) is 0 Å². The van der Waals surface area contributed by atoms with Crippen LogP contribution in [0.5, 0.6) is 0 Å². The summed E-state index contributed by atoms with van der Waals surface area (Å²) < 4.78 is 10.7. The first-order valence-electron chi connectivity index (χ1n) is 8.11. The minimum absolute atomic E-state index is 0.0713. The summed E-state index contributed by atoms with van der Waals surface area (Å²) in [4.78, 5) is 23.7. The zero-order valence-corrected chi connectivity index (χ0v) is 18.3. The van der Waals surface area contributed by atoms with Crippen molar-refractivity contribution in [2.45, 2.75) is 53.1 Å². The molecule has 0 saturated carbocycles. The number of carbonyl (C=O) groups excluding carboxylic acids is 1. The number of hydrogen-bond acceptors (Lipinski definition) is 4. The van der Waals surface area contributed by atoms with Crippen molar-refractivity contribution in [3.05, 3.63) is 29.3 Å². The maximum atomic E-state index is 12.7. The maximum absolute atomic E-state index is 12.7. The van der Waals surface area contributed by atoms with Crippen molar-refractivity contribution < 1.29 is 18.9 Å². The summed E-state index contributed by atoms with van der Waals surface area (Å²) >= 11 is 8.61. The molecule has 0 aliphatic rings. The number of anilines is 1. The Morgan fingerprint density at radius 2 is 2.00 bits per heavy atom. The van der Waals surface area contributed by atoms with Gasteiger partial charge in [0.1, 0.15) is 5.60 Å². The lowest BCUT2D eigenvalue weighted by atomic mass is 10.00. The zero-order chi connectivity index (χ0) is 19.4. The molecule has 0 bridgehead atoms. The van der Waals surface area contributed by atoms with Gasteiger partial charge < -0.3 is 14.2 Å². The molecule has 1 rings (SSSR count). The molecule has 1 aromatic carbocycles. The summed E-state index contributed by atoms with van der Waals surface area (Å²) in [6, 6.07) is 6.02. The second kappa shape index (κ2) is 8.87. The van der Waals surface area contributed by atoms with Gasteiger partial charge in [0.25, 0.3) is 0 Å². The van der Waals surface area contributed by atoms with Gasteiger partial charge in [-0.3, -0.25) is 4.90 Å². The van der Waals surface area contributed by atoms with E-state index in [-0.39, 0.29) is 13.2 Å². The fourth-order valence-electron chi connectivity index (χ4n) is 2.15. The van der Waals surface area contributed by atoms with E-state index < -0.39 is 17.4 Å². The number of benzene rings is 1. The van der Waals surface area contributed by atoms with Gasteiger partial charge in [-0.05, 0) is 62.6 Å². The third-order valence-corrected chi connectivity index (χ3v) is 4.56. The number of hydrogen-bond donors (Lipinski definition) is 2. The molecule has 0 aliphatic heterocycles.